The summed E-state index contributed by atoms with van der Waals surface area (Å²) in [5.41, 5.74) is 2.16. The maximum absolute atomic E-state index is 4.09. The van der Waals surface area contributed by atoms with Gasteiger partial charge in [-0.05, 0) is 37.8 Å². The van der Waals surface area contributed by atoms with Gasteiger partial charge in [-0.3, -0.25) is 4.40 Å². The van der Waals surface area contributed by atoms with Gasteiger partial charge in [-0.25, -0.2) is 0 Å². The first kappa shape index (κ1) is 8.56. The van der Waals surface area contributed by atoms with Crippen molar-refractivity contribution in [2.75, 3.05) is 6.26 Å². The van der Waals surface area contributed by atoms with E-state index in [0.29, 0.717) is 0 Å². The zero-order valence-electron chi connectivity index (χ0n) is 7.90. The van der Waals surface area contributed by atoms with Gasteiger partial charge in [-0.1, -0.05) is 0 Å². The fourth-order valence-corrected chi connectivity index (χ4v) is 2.11. The van der Waals surface area contributed by atoms with E-state index in [1.807, 2.05) is 13.0 Å². The quantitative estimate of drug-likeness (QED) is 0.649. The van der Waals surface area contributed by atoms with Crippen LogP contribution >= 0.6 is 11.8 Å². The Bertz CT molecular complexity index is 447. The van der Waals surface area contributed by atoms with Gasteiger partial charge in [0, 0.05) is 0 Å². The first-order valence-corrected chi connectivity index (χ1v) is 5.31. The van der Waals surface area contributed by atoms with Gasteiger partial charge in [0.25, 0.3) is 0 Å². The lowest BCUT2D eigenvalue weighted by molar-refractivity contribution is 0.934. The average molecular weight is 193 g/mol. The molecule has 2 aromatic rings. The number of aromatic nitrogens is 3. The van der Waals surface area contributed by atoms with Crippen LogP contribution in [0, 0.1) is 13.8 Å². The van der Waals surface area contributed by atoms with E-state index in [1.165, 1.54) is 10.6 Å². The van der Waals surface area contributed by atoms with Crippen LogP contribution in [0.3, 0.4) is 0 Å². The Hall–Kier alpha value is -1.03. The molecule has 68 valence electrons. The number of nitrogens with zero attached hydrogens (tertiary/aromatic N) is 3. The van der Waals surface area contributed by atoms with Crippen molar-refractivity contribution in [2.45, 2.75) is 18.9 Å². The molecule has 0 aliphatic heterocycles. The Labute approximate surface area is 81.2 Å². The zero-order valence-corrected chi connectivity index (χ0v) is 8.72. The number of fused-ring (bicyclic) bond motifs is 1. The molecule has 0 saturated carbocycles. The minimum atomic E-state index is 0.932. The predicted molar refractivity (Wildman–Crippen MR) is 54.2 cm³/mol. The monoisotopic (exact) mass is 193 g/mol. The molecule has 0 aliphatic carbocycles. The lowest BCUT2D eigenvalue weighted by Crippen LogP contribution is -1.93. The van der Waals surface area contributed by atoms with E-state index in [0.717, 1.165) is 11.5 Å². The van der Waals surface area contributed by atoms with Crippen LogP contribution in [-0.2, 0) is 0 Å². The first-order valence-electron chi connectivity index (χ1n) is 4.09. The highest BCUT2D eigenvalue weighted by atomic mass is 32.2. The van der Waals surface area contributed by atoms with Crippen molar-refractivity contribution < 1.29 is 0 Å². The van der Waals surface area contributed by atoms with Crippen LogP contribution < -0.4 is 0 Å². The Morgan fingerprint density at radius 1 is 1.23 bits per heavy atom. The summed E-state index contributed by atoms with van der Waals surface area (Å²) in [4.78, 5) is 0. The molecular formula is C9H11N3S. The van der Waals surface area contributed by atoms with Gasteiger partial charge in [-0.15, -0.1) is 22.0 Å². The van der Waals surface area contributed by atoms with Gasteiger partial charge < -0.3 is 0 Å². The molecule has 0 fully saturated rings. The van der Waals surface area contributed by atoms with E-state index in [1.54, 1.807) is 11.8 Å². The van der Waals surface area contributed by atoms with Crippen LogP contribution in [0.4, 0.5) is 0 Å². The average Bonchev–Trinajstić information content (AvgIpc) is 2.46. The molecule has 0 saturated heterocycles. The summed E-state index contributed by atoms with van der Waals surface area (Å²) in [7, 11) is 0. The third kappa shape index (κ3) is 1.31. The highest BCUT2D eigenvalue weighted by molar-refractivity contribution is 7.98. The smallest absolute Gasteiger partial charge is 0.161 e. The van der Waals surface area contributed by atoms with Gasteiger partial charge in [-0.2, -0.15) is 0 Å². The van der Waals surface area contributed by atoms with Crippen molar-refractivity contribution in [1.29, 1.82) is 0 Å². The maximum atomic E-state index is 4.09. The third-order valence-corrected chi connectivity index (χ3v) is 2.71. The molecule has 2 heterocycles. The van der Waals surface area contributed by atoms with Gasteiger partial charge in [0.2, 0.25) is 0 Å². The molecule has 0 atom stereocenters. The summed E-state index contributed by atoms with van der Waals surface area (Å²) < 4.78 is 2.07. The summed E-state index contributed by atoms with van der Waals surface area (Å²) in [6, 6.07) is 4.19. The molecule has 0 aliphatic rings. The van der Waals surface area contributed by atoms with Crippen LogP contribution in [-0.4, -0.2) is 20.9 Å². The zero-order chi connectivity index (χ0) is 9.42. The van der Waals surface area contributed by atoms with Crippen LogP contribution in [0.15, 0.2) is 17.2 Å². The SMILES string of the molecule is CSc1cc(C)cc2nnc(C)n12. The Balaban J connectivity index is 2.85. The molecule has 4 heteroatoms. The van der Waals surface area contributed by atoms with E-state index in [9.17, 15) is 0 Å². The molecule has 0 N–H and O–H groups in total. The number of thioether (sulfide) groups is 1. The summed E-state index contributed by atoms with van der Waals surface area (Å²) in [6.07, 6.45) is 2.06. The molecule has 3 nitrogen and oxygen atoms in total. The molecule has 0 amide bonds. The standard InChI is InChI=1S/C9H11N3S/c1-6-4-8-11-10-7(2)12(8)9(5-6)13-3/h4-5H,1-3H3. The van der Waals surface area contributed by atoms with Crippen molar-refractivity contribution in [2.24, 2.45) is 0 Å². The van der Waals surface area contributed by atoms with E-state index in [-0.39, 0.29) is 0 Å². The highest BCUT2D eigenvalue weighted by Crippen LogP contribution is 2.19. The summed E-state index contributed by atoms with van der Waals surface area (Å²) >= 11 is 1.71. The Kier molecular flexibility index (Phi) is 2.00. The first-order chi connectivity index (χ1) is 6.22. The van der Waals surface area contributed by atoms with Crippen molar-refractivity contribution >= 4 is 17.4 Å². The number of hydrogen-bond donors (Lipinski definition) is 0. The fourth-order valence-electron chi connectivity index (χ4n) is 1.40. The number of pyridine rings is 1. The van der Waals surface area contributed by atoms with Crippen LogP contribution in [0.5, 0.6) is 0 Å². The van der Waals surface area contributed by atoms with Crippen molar-refractivity contribution in [1.82, 2.24) is 14.6 Å². The Morgan fingerprint density at radius 2 is 2.00 bits per heavy atom. The van der Waals surface area contributed by atoms with Gasteiger partial charge in [0.15, 0.2) is 5.65 Å². The second kappa shape index (κ2) is 3.03. The molecule has 0 unspecified atom stereocenters. The molecule has 2 aromatic heterocycles. The van der Waals surface area contributed by atoms with Crippen molar-refractivity contribution in [3.63, 3.8) is 0 Å². The topological polar surface area (TPSA) is 30.2 Å². The van der Waals surface area contributed by atoms with Crippen molar-refractivity contribution in [3.05, 3.63) is 23.5 Å². The molecular weight excluding hydrogens is 182 g/mol. The molecule has 13 heavy (non-hydrogen) atoms. The van der Waals surface area contributed by atoms with Gasteiger partial charge in [0.1, 0.15) is 5.82 Å². The third-order valence-electron chi connectivity index (χ3n) is 1.99. The minimum absolute atomic E-state index is 0.932. The molecule has 0 aromatic carbocycles. The van der Waals surface area contributed by atoms with E-state index in [4.69, 9.17) is 0 Å². The highest BCUT2D eigenvalue weighted by Gasteiger charge is 2.05. The second-order valence-electron chi connectivity index (χ2n) is 3.02. The van der Waals surface area contributed by atoms with Crippen LogP contribution in [0.1, 0.15) is 11.4 Å². The van der Waals surface area contributed by atoms with Gasteiger partial charge >= 0.3 is 0 Å². The molecule has 0 radical (unpaired) electrons. The second-order valence-corrected chi connectivity index (χ2v) is 3.84. The normalized spacial score (nSPS) is 11.0. The summed E-state index contributed by atoms with van der Waals surface area (Å²) in [5, 5.41) is 9.32. The van der Waals surface area contributed by atoms with E-state index >= 15 is 0 Å². The number of aryl methyl sites for hydroxylation is 2. The summed E-state index contributed by atoms with van der Waals surface area (Å²) in [6.45, 7) is 4.04. The van der Waals surface area contributed by atoms with Crippen LogP contribution in [0.25, 0.3) is 5.65 Å². The maximum Gasteiger partial charge on any atom is 0.161 e. The van der Waals surface area contributed by atoms with Crippen LogP contribution in [0.2, 0.25) is 0 Å². The fraction of sp³-hybridized carbons (Fsp3) is 0.333. The predicted octanol–water partition coefficient (Wildman–Crippen LogP) is 2.07. The lowest BCUT2D eigenvalue weighted by atomic mass is 10.3. The Morgan fingerprint density at radius 3 is 2.69 bits per heavy atom. The molecule has 0 spiro atoms. The lowest BCUT2D eigenvalue weighted by Gasteiger charge is -2.03. The van der Waals surface area contributed by atoms with Gasteiger partial charge in [0.05, 0.1) is 5.03 Å². The molecule has 2 rings (SSSR count). The number of hydrogen-bond acceptors (Lipinski definition) is 3. The molecule has 0 bridgehead atoms. The van der Waals surface area contributed by atoms with E-state index in [2.05, 4.69) is 33.8 Å². The number of rotatable bonds is 1. The summed E-state index contributed by atoms with van der Waals surface area (Å²) in [5.74, 6) is 0.944. The largest absolute Gasteiger partial charge is 0.274 e. The van der Waals surface area contributed by atoms with Crippen molar-refractivity contribution in [3.8, 4) is 0 Å². The minimum Gasteiger partial charge on any atom is -0.274 e. The van der Waals surface area contributed by atoms with E-state index < -0.39 is 0 Å².